The van der Waals surface area contributed by atoms with E-state index in [9.17, 15) is 4.79 Å². The number of pyridine rings is 1. The maximum absolute atomic E-state index is 12.1. The molecule has 6 heteroatoms. The van der Waals surface area contributed by atoms with Gasteiger partial charge in [-0.3, -0.25) is 4.79 Å². The fraction of sp³-hybridized carbons (Fsp3) is 0. The first-order chi connectivity index (χ1) is 8.58. The van der Waals surface area contributed by atoms with Gasteiger partial charge < -0.3 is 5.32 Å². The number of carbonyl (C=O) groups is 1. The Morgan fingerprint density at radius 1 is 1.28 bits per heavy atom. The standard InChI is InChI=1S/C12H7Br2ClN2O/c13-7-3-4-9(14)8(6-7)12(18)17-11-10(15)2-1-5-16-11/h1-6H,(H,16,17,18). The number of amides is 1. The quantitative estimate of drug-likeness (QED) is 0.820. The van der Waals surface area contributed by atoms with Gasteiger partial charge in [0.15, 0.2) is 5.82 Å². The van der Waals surface area contributed by atoms with E-state index in [0.717, 1.165) is 4.47 Å². The highest BCUT2D eigenvalue weighted by atomic mass is 79.9. The molecule has 0 saturated carbocycles. The number of benzene rings is 1. The highest BCUT2D eigenvalue weighted by molar-refractivity contribution is 9.11. The van der Waals surface area contributed by atoms with E-state index in [2.05, 4.69) is 42.2 Å². The molecule has 18 heavy (non-hydrogen) atoms. The number of halogens is 3. The minimum atomic E-state index is -0.274. The van der Waals surface area contributed by atoms with Crippen molar-refractivity contribution in [2.75, 3.05) is 5.32 Å². The van der Waals surface area contributed by atoms with E-state index < -0.39 is 0 Å². The maximum Gasteiger partial charge on any atom is 0.258 e. The summed E-state index contributed by atoms with van der Waals surface area (Å²) in [5, 5.41) is 3.06. The third-order valence-corrected chi connectivity index (χ3v) is 3.65. The molecule has 1 aromatic heterocycles. The van der Waals surface area contributed by atoms with Crippen LogP contribution >= 0.6 is 43.5 Å². The summed E-state index contributed by atoms with van der Waals surface area (Å²) in [4.78, 5) is 16.1. The van der Waals surface area contributed by atoms with Crippen molar-refractivity contribution in [1.29, 1.82) is 0 Å². The number of anilines is 1. The van der Waals surface area contributed by atoms with Gasteiger partial charge >= 0.3 is 0 Å². The molecule has 1 aromatic carbocycles. The molecule has 0 radical (unpaired) electrons. The van der Waals surface area contributed by atoms with Crippen LogP contribution in [0, 0.1) is 0 Å². The van der Waals surface area contributed by atoms with Gasteiger partial charge in [0.2, 0.25) is 0 Å². The van der Waals surface area contributed by atoms with E-state index in [1.165, 1.54) is 0 Å². The lowest BCUT2D eigenvalue weighted by molar-refractivity contribution is 0.102. The van der Waals surface area contributed by atoms with E-state index in [-0.39, 0.29) is 5.91 Å². The van der Waals surface area contributed by atoms with Crippen molar-refractivity contribution in [3.63, 3.8) is 0 Å². The molecule has 1 heterocycles. The molecule has 0 aliphatic carbocycles. The van der Waals surface area contributed by atoms with Crippen LogP contribution in [-0.2, 0) is 0 Å². The monoisotopic (exact) mass is 388 g/mol. The van der Waals surface area contributed by atoms with Crippen LogP contribution in [0.25, 0.3) is 0 Å². The van der Waals surface area contributed by atoms with E-state index in [1.807, 2.05) is 6.07 Å². The van der Waals surface area contributed by atoms with Crippen LogP contribution in [0.4, 0.5) is 5.82 Å². The molecule has 0 saturated heterocycles. The minimum Gasteiger partial charge on any atom is -0.305 e. The predicted molar refractivity (Wildman–Crippen MR) is 79.0 cm³/mol. The molecule has 1 amide bonds. The number of nitrogens with zero attached hydrogens (tertiary/aromatic N) is 1. The van der Waals surface area contributed by atoms with Crippen molar-refractivity contribution in [2.24, 2.45) is 0 Å². The molecule has 0 fully saturated rings. The molecule has 0 unspecified atom stereocenters. The zero-order chi connectivity index (χ0) is 13.1. The Hall–Kier alpha value is -0.910. The van der Waals surface area contributed by atoms with Crippen LogP contribution in [-0.4, -0.2) is 10.9 Å². The highest BCUT2D eigenvalue weighted by Gasteiger charge is 2.12. The molecule has 0 bridgehead atoms. The largest absolute Gasteiger partial charge is 0.305 e. The second kappa shape index (κ2) is 5.82. The zero-order valence-electron chi connectivity index (χ0n) is 8.95. The molecular weight excluding hydrogens is 383 g/mol. The van der Waals surface area contributed by atoms with Gasteiger partial charge in [-0.15, -0.1) is 0 Å². The molecule has 0 aliphatic heterocycles. The van der Waals surface area contributed by atoms with Gasteiger partial charge in [0.1, 0.15) is 0 Å². The molecular formula is C12H7Br2ClN2O. The molecule has 0 atom stereocenters. The Labute approximate surface area is 126 Å². The summed E-state index contributed by atoms with van der Waals surface area (Å²) < 4.78 is 1.53. The number of aromatic nitrogens is 1. The second-order valence-electron chi connectivity index (χ2n) is 3.41. The summed E-state index contributed by atoms with van der Waals surface area (Å²) in [6, 6.07) is 8.72. The SMILES string of the molecule is O=C(Nc1ncccc1Cl)c1cc(Br)ccc1Br. The van der Waals surface area contributed by atoms with E-state index in [0.29, 0.717) is 20.9 Å². The fourth-order valence-corrected chi connectivity index (χ4v) is 2.28. The Balaban J connectivity index is 2.28. The third kappa shape index (κ3) is 3.10. The Bertz CT molecular complexity index is 604. The first-order valence-corrected chi connectivity index (χ1v) is 6.91. The molecule has 92 valence electrons. The third-order valence-electron chi connectivity index (χ3n) is 2.16. The van der Waals surface area contributed by atoms with E-state index in [4.69, 9.17) is 11.6 Å². The number of hydrogen-bond acceptors (Lipinski definition) is 2. The van der Waals surface area contributed by atoms with Crippen molar-refractivity contribution in [3.05, 3.63) is 56.1 Å². The van der Waals surface area contributed by atoms with E-state index in [1.54, 1.807) is 30.5 Å². The molecule has 2 rings (SSSR count). The predicted octanol–water partition coefficient (Wildman–Crippen LogP) is 4.51. The Morgan fingerprint density at radius 3 is 2.78 bits per heavy atom. The summed E-state index contributed by atoms with van der Waals surface area (Å²) in [6.07, 6.45) is 1.57. The van der Waals surface area contributed by atoms with Gasteiger partial charge in [0, 0.05) is 15.1 Å². The van der Waals surface area contributed by atoms with Crippen molar-refractivity contribution >= 4 is 55.2 Å². The summed E-state index contributed by atoms with van der Waals surface area (Å²) in [7, 11) is 0. The van der Waals surface area contributed by atoms with Gasteiger partial charge in [-0.2, -0.15) is 0 Å². The lowest BCUT2D eigenvalue weighted by Gasteiger charge is -2.07. The first-order valence-electron chi connectivity index (χ1n) is 4.95. The number of hydrogen-bond donors (Lipinski definition) is 1. The van der Waals surface area contributed by atoms with E-state index >= 15 is 0 Å². The van der Waals surface area contributed by atoms with Crippen LogP contribution in [0.3, 0.4) is 0 Å². The number of carbonyl (C=O) groups excluding carboxylic acids is 1. The van der Waals surface area contributed by atoms with Crippen molar-refractivity contribution in [1.82, 2.24) is 4.98 Å². The van der Waals surface area contributed by atoms with Gasteiger partial charge in [-0.1, -0.05) is 27.5 Å². The van der Waals surface area contributed by atoms with Gasteiger partial charge in [0.05, 0.1) is 10.6 Å². The number of rotatable bonds is 2. The summed E-state index contributed by atoms with van der Waals surface area (Å²) in [5.74, 6) is 0.0693. The summed E-state index contributed by atoms with van der Waals surface area (Å²) >= 11 is 12.6. The van der Waals surface area contributed by atoms with Crippen LogP contribution in [0.5, 0.6) is 0 Å². The smallest absolute Gasteiger partial charge is 0.258 e. The topological polar surface area (TPSA) is 42.0 Å². The van der Waals surface area contributed by atoms with Crippen LogP contribution in [0.2, 0.25) is 5.02 Å². The maximum atomic E-state index is 12.1. The Kier molecular flexibility index (Phi) is 4.37. The summed E-state index contributed by atoms with van der Waals surface area (Å²) in [6.45, 7) is 0. The van der Waals surface area contributed by atoms with Crippen molar-refractivity contribution in [2.45, 2.75) is 0 Å². The first kappa shape index (κ1) is 13.5. The van der Waals surface area contributed by atoms with Gasteiger partial charge in [-0.05, 0) is 46.3 Å². The lowest BCUT2D eigenvalue weighted by atomic mass is 10.2. The lowest BCUT2D eigenvalue weighted by Crippen LogP contribution is -2.13. The zero-order valence-corrected chi connectivity index (χ0v) is 12.9. The molecule has 0 spiro atoms. The van der Waals surface area contributed by atoms with Crippen LogP contribution in [0.1, 0.15) is 10.4 Å². The fourth-order valence-electron chi connectivity index (χ4n) is 1.32. The van der Waals surface area contributed by atoms with Gasteiger partial charge in [-0.25, -0.2) is 4.98 Å². The highest BCUT2D eigenvalue weighted by Crippen LogP contribution is 2.24. The molecule has 2 aromatic rings. The molecule has 0 aliphatic rings. The van der Waals surface area contributed by atoms with Crippen molar-refractivity contribution in [3.8, 4) is 0 Å². The second-order valence-corrected chi connectivity index (χ2v) is 5.59. The minimum absolute atomic E-state index is 0.274. The average Bonchev–Trinajstić information content (AvgIpc) is 2.35. The summed E-state index contributed by atoms with van der Waals surface area (Å²) in [5.41, 5.74) is 0.506. The normalized spacial score (nSPS) is 10.2. The van der Waals surface area contributed by atoms with Crippen molar-refractivity contribution < 1.29 is 4.79 Å². The van der Waals surface area contributed by atoms with Crippen LogP contribution in [0.15, 0.2) is 45.5 Å². The average molecular weight is 390 g/mol. The van der Waals surface area contributed by atoms with Gasteiger partial charge in [0.25, 0.3) is 5.91 Å². The molecule has 1 N–H and O–H groups in total. The van der Waals surface area contributed by atoms with Crippen LogP contribution < -0.4 is 5.32 Å². The molecule has 3 nitrogen and oxygen atoms in total. The number of nitrogens with one attached hydrogen (secondary N) is 1. The Morgan fingerprint density at radius 2 is 2.06 bits per heavy atom.